The second-order valence-corrected chi connectivity index (χ2v) is 9.41. The van der Waals surface area contributed by atoms with Gasteiger partial charge in [-0.25, -0.2) is 8.42 Å². The molecule has 2 aromatic carbocycles. The van der Waals surface area contributed by atoms with Crippen LogP contribution in [-0.2, 0) is 16.7 Å². The summed E-state index contributed by atoms with van der Waals surface area (Å²) in [6.45, 7) is 6.26. The maximum atomic E-state index is 13.0. The number of quaternary nitrogens is 1. The number of piperazine rings is 1. The molecule has 4 rings (SSSR count). The first-order chi connectivity index (χ1) is 13.9. The van der Waals surface area contributed by atoms with Gasteiger partial charge in [-0.05, 0) is 49.2 Å². The molecule has 0 radical (unpaired) electrons. The first-order valence-corrected chi connectivity index (χ1v) is 11.0. The van der Waals surface area contributed by atoms with E-state index in [1.54, 1.807) is 30.3 Å². The van der Waals surface area contributed by atoms with E-state index in [2.05, 4.69) is 10.3 Å². The van der Waals surface area contributed by atoms with Crippen molar-refractivity contribution in [3.63, 3.8) is 0 Å². The lowest BCUT2D eigenvalue weighted by molar-refractivity contribution is -0.927. The fourth-order valence-electron chi connectivity index (χ4n) is 3.56. The van der Waals surface area contributed by atoms with Crippen molar-refractivity contribution in [1.82, 2.24) is 19.3 Å². The van der Waals surface area contributed by atoms with E-state index >= 15 is 0 Å². The zero-order chi connectivity index (χ0) is 20.6. The van der Waals surface area contributed by atoms with E-state index in [1.807, 2.05) is 26.0 Å². The number of hydrogen-bond acceptors (Lipinski definition) is 5. The Morgan fingerprint density at radius 3 is 2.48 bits per heavy atom. The van der Waals surface area contributed by atoms with Crippen molar-refractivity contribution in [3.8, 4) is 0 Å². The number of hydrogen-bond donors (Lipinski definition) is 1. The Kier molecular flexibility index (Phi) is 5.20. The van der Waals surface area contributed by atoms with Gasteiger partial charge in [-0.1, -0.05) is 23.4 Å². The van der Waals surface area contributed by atoms with Crippen LogP contribution in [0, 0.1) is 13.8 Å². The third-order valence-electron chi connectivity index (χ3n) is 5.55. The fourth-order valence-corrected chi connectivity index (χ4v) is 5.09. The normalized spacial score (nSPS) is 16.3. The van der Waals surface area contributed by atoms with Crippen molar-refractivity contribution in [2.45, 2.75) is 25.4 Å². The van der Waals surface area contributed by atoms with Gasteiger partial charge in [0.15, 0.2) is 6.67 Å². The van der Waals surface area contributed by atoms with Gasteiger partial charge >= 0.3 is 0 Å². The minimum Gasteiger partial charge on any atom is -0.314 e. The SMILES string of the molecule is Cc1ccc(S(=O)(=O)N2CC[NH+](Cn3nnc4ccccc4c3=O)CC2)cc1C. The third kappa shape index (κ3) is 3.81. The molecule has 0 amide bonds. The van der Waals surface area contributed by atoms with Gasteiger partial charge in [-0.3, -0.25) is 4.79 Å². The molecule has 1 aliphatic heterocycles. The Balaban J connectivity index is 1.46. The average molecular weight is 415 g/mol. The van der Waals surface area contributed by atoms with Gasteiger partial charge in [-0.15, -0.1) is 5.10 Å². The average Bonchev–Trinajstić information content (AvgIpc) is 2.72. The van der Waals surface area contributed by atoms with Crippen molar-refractivity contribution in [3.05, 3.63) is 63.9 Å². The molecule has 0 saturated carbocycles. The second-order valence-electron chi connectivity index (χ2n) is 7.47. The molecule has 29 heavy (non-hydrogen) atoms. The molecule has 0 atom stereocenters. The minimum atomic E-state index is -3.51. The number of fused-ring (bicyclic) bond motifs is 1. The van der Waals surface area contributed by atoms with Gasteiger partial charge in [0.1, 0.15) is 5.52 Å². The first-order valence-electron chi connectivity index (χ1n) is 9.60. The van der Waals surface area contributed by atoms with Crippen molar-refractivity contribution in [2.75, 3.05) is 26.2 Å². The van der Waals surface area contributed by atoms with Crippen LogP contribution in [-0.4, -0.2) is 53.9 Å². The largest absolute Gasteiger partial charge is 0.314 e. The van der Waals surface area contributed by atoms with E-state index in [4.69, 9.17) is 0 Å². The molecule has 152 valence electrons. The quantitative estimate of drug-likeness (QED) is 0.647. The van der Waals surface area contributed by atoms with Gasteiger partial charge in [0.05, 0.1) is 36.5 Å². The van der Waals surface area contributed by atoms with Crippen LogP contribution < -0.4 is 10.5 Å². The summed E-state index contributed by atoms with van der Waals surface area (Å²) in [7, 11) is -3.51. The molecule has 3 aromatic rings. The highest BCUT2D eigenvalue weighted by Gasteiger charge is 2.31. The Labute approximate surface area is 169 Å². The van der Waals surface area contributed by atoms with Gasteiger partial charge in [0.2, 0.25) is 10.0 Å². The molecule has 0 spiro atoms. The summed E-state index contributed by atoms with van der Waals surface area (Å²) in [5.74, 6) is 0. The van der Waals surface area contributed by atoms with Crippen molar-refractivity contribution in [1.29, 1.82) is 0 Å². The third-order valence-corrected chi connectivity index (χ3v) is 7.44. The first kappa shape index (κ1) is 19.7. The van der Waals surface area contributed by atoms with E-state index in [0.29, 0.717) is 48.6 Å². The van der Waals surface area contributed by atoms with Crippen LogP contribution >= 0.6 is 0 Å². The number of aryl methyl sites for hydroxylation is 2. The lowest BCUT2D eigenvalue weighted by atomic mass is 10.1. The number of aromatic nitrogens is 3. The van der Waals surface area contributed by atoms with Crippen molar-refractivity contribution in [2.24, 2.45) is 0 Å². The van der Waals surface area contributed by atoms with E-state index < -0.39 is 10.0 Å². The Bertz CT molecular complexity index is 1210. The predicted molar refractivity (Wildman–Crippen MR) is 109 cm³/mol. The van der Waals surface area contributed by atoms with Crippen molar-refractivity contribution < 1.29 is 13.3 Å². The number of nitrogens with zero attached hydrogens (tertiary/aromatic N) is 4. The summed E-state index contributed by atoms with van der Waals surface area (Å²) in [4.78, 5) is 14.0. The van der Waals surface area contributed by atoms with E-state index in [9.17, 15) is 13.2 Å². The van der Waals surface area contributed by atoms with Gasteiger partial charge < -0.3 is 4.90 Å². The van der Waals surface area contributed by atoms with Crippen LogP contribution in [0.5, 0.6) is 0 Å². The van der Waals surface area contributed by atoms with E-state index in [1.165, 1.54) is 8.99 Å². The highest BCUT2D eigenvalue weighted by molar-refractivity contribution is 7.89. The lowest BCUT2D eigenvalue weighted by Gasteiger charge is -2.31. The maximum absolute atomic E-state index is 13.0. The van der Waals surface area contributed by atoms with Crippen molar-refractivity contribution >= 4 is 20.9 Å². The summed E-state index contributed by atoms with van der Waals surface area (Å²) in [5, 5.41) is 8.68. The van der Waals surface area contributed by atoms with Crippen LogP contribution in [0.3, 0.4) is 0 Å². The van der Waals surface area contributed by atoms with Gasteiger partial charge in [0, 0.05) is 0 Å². The van der Waals surface area contributed by atoms with Crippen LogP contribution in [0.2, 0.25) is 0 Å². The van der Waals surface area contributed by atoms with Gasteiger partial charge in [-0.2, -0.15) is 8.99 Å². The second kappa shape index (κ2) is 7.66. The molecule has 2 heterocycles. The smallest absolute Gasteiger partial charge is 0.282 e. The van der Waals surface area contributed by atoms with Gasteiger partial charge in [0.25, 0.3) is 5.56 Å². The fraction of sp³-hybridized carbons (Fsp3) is 0.350. The number of rotatable bonds is 4. The molecule has 1 aromatic heterocycles. The van der Waals surface area contributed by atoms with E-state index in [-0.39, 0.29) is 5.56 Å². The molecule has 8 nitrogen and oxygen atoms in total. The van der Waals surface area contributed by atoms with Crippen LogP contribution in [0.25, 0.3) is 10.9 Å². The molecule has 0 unspecified atom stereocenters. The number of benzene rings is 2. The molecule has 9 heteroatoms. The standard InChI is InChI=1S/C20H23N5O3S/c1-15-7-8-17(13-16(15)2)29(27,28)24-11-9-23(10-12-24)14-25-20(26)18-5-3-4-6-19(18)21-22-25/h3-8,13H,9-12,14H2,1-2H3/p+1. The molecule has 1 aliphatic rings. The number of nitrogens with one attached hydrogen (secondary N) is 1. The minimum absolute atomic E-state index is 0.173. The highest BCUT2D eigenvalue weighted by Crippen LogP contribution is 2.19. The molecule has 1 fully saturated rings. The van der Waals surface area contributed by atoms with E-state index in [0.717, 1.165) is 16.0 Å². The molecule has 0 bridgehead atoms. The van der Waals surface area contributed by atoms with Crippen LogP contribution in [0.15, 0.2) is 52.2 Å². The summed E-state index contributed by atoms with van der Waals surface area (Å²) in [6.07, 6.45) is 0. The molecule has 1 saturated heterocycles. The molecular weight excluding hydrogens is 390 g/mol. The lowest BCUT2D eigenvalue weighted by Crippen LogP contribution is -3.14. The van der Waals surface area contributed by atoms with Crippen LogP contribution in [0.4, 0.5) is 0 Å². The zero-order valence-electron chi connectivity index (χ0n) is 16.5. The Morgan fingerprint density at radius 1 is 1.03 bits per heavy atom. The monoisotopic (exact) mass is 414 g/mol. The molecular formula is C20H24N5O3S+. The Hall–Kier alpha value is -2.62. The molecule has 0 aliphatic carbocycles. The summed E-state index contributed by atoms with van der Waals surface area (Å²) >= 11 is 0. The highest BCUT2D eigenvalue weighted by atomic mass is 32.2. The summed E-state index contributed by atoms with van der Waals surface area (Å²) < 4.78 is 28.8. The topological polar surface area (TPSA) is 89.6 Å². The zero-order valence-corrected chi connectivity index (χ0v) is 17.3. The molecule has 1 N–H and O–H groups in total. The van der Waals surface area contributed by atoms with Crippen LogP contribution in [0.1, 0.15) is 11.1 Å². The maximum Gasteiger partial charge on any atom is 0.282 e. The summed E-state index contributed by atoms with van der Waals surface area (Å²) in [6, 6.07) is 12.4. The predicted octanol–water partition coefficient (Wildman–Crippen LogP) is -0.0448. The number of sulfonamides is 1. The Morgan fingerprint density at radius 2 is 1.76 bits per heavy atom. The summed E-state index contributed by atoms with van der Waals surface area (Å²) in [5.41, 5.74) is 2.44.